The summed E-state index contributed by atoms with van der Waals surface area (Å²) in [7, 11) is 0. The van der Waals surface area contributed by atoms with Crippen LogP contribution in [0.3, 0.4) is 0 Å². The number of hydrogen-bond acceptors (Lipinski definition) is 3. The van der Waals surface area contributed by atoms with Gasteiger partial charge in [0.25, 0.3) is 5.91 Å². The zero-order valence-corrected chi connectivity index (χ0v) is 11.9. The molecule has 0 saturated carbocycles. The number of nitrogen functional groups attached to an aromatic ring is 1. The van der Waals surface area contributed by atoms with Crippen LogP contribution in [0.15, 0.2) is 18.2 Å². The molecule has 1 aliphatic heterocycles. The van der Waals surface area contributed by atoms with Gasteiger partial charge in [-0.05, 0) is 37.6 Å². The van der Waals surface area contributed by atoms with Crippen LogP contribution in [0, 0.1) is 0 Å². The summed E-state index contributed by atoms with van der Waals surface area (Å²) in [6.45, 7) is 5.30. The molecule has 0 spiro atoms. The number of nitrogens with two attached hydrogens (primary N) is 1. The monoisotopic (exact) mass is 281 g/mol. The van der Waals surface area contributed by atoms with Crippen molar-refractivity contribution in [3.8, 4) is 0 Å². The molecule has 5 heteroatoms. The summed E-state index contributed by atoms with van der Waals surface area (Å²) in [6, 6.07) is 5.20. The summed E-state index contributed by atoms with van der Waals surface area (Å²) in [4.78, 5) is 14.6. The summed E-state index contributed by atoms with van der Waals surface area (Å²) in [5, 5.41) is 3.57. The summed E-state index contributed by atoms with van der Waals surface area (Å²) in [5.74, 6) is -0.130. The number of benzene rings is 1. The van der Waals surface area contributed by atoms with Gasteiger partial charge in [0, 0.05) is 29.8 Å². The molecule has 0 radical (unpaired) electrons. The van der Waals surface area contributed by atoms with Gasteiger partial charge in [0.05, 0.1) is 5.56 Å². The number of carbonyl (C=O) groups is 1. The van der Waals surface area contributed by atoms with Crippen LogP contribution >= 0.6 is 11.6 Å². The Hall–Kier alpha value is -1.26. The van der Waals surface area contributed by atoms with Crippen LogP contribution in [0.4, 0.5) is 5.69 Å². The molecule has 0 aliphatic carbocycles. The fourth-order valence-corrected chi connectivity index (χ4v) is 2.55. The molecule has 104 valence electrons. The van der Waals surface area contributed by atoms with Gasteiger partial charge in [-0.15, -0.1) is 0 Å². The van der Waals surface area contributed by atoms with E-state index in [-0.39, 0.29) is 11.9 Å². The third-order valence-electron chi connectivity index (χ3n) is 3.63. The SMILES string of the molecule is CCN1CCC(NC(=O)c2cc(Cl)ccc2N)CC1. The molecule has 1 aromatic carbocycles. The molecule has 4 nitrogen and oxygen atoms in total. The van der Waals surface area contributed by atoms with E-state index in [9.17, 15) is 4.79 Å². The van der Waals surface area contributed by atoms with Crippen molar-refractivity contribution in [3.05, 3.63) is 28.8 Å². The number of likely N-dealkylation sites (tertiary alicyclic amines) is 1. The van der Waals surface area contributed by atoms with Gasteiger partial charge >= 0.3 is 0 Å². The van der Waals surface area contributed by atoms with Crippen molar-refractivity contribution >= 4 is 23.2 Å². The summed E-state index contributed by atoms with van der Waals surface area (Å²) < 4.78 is 0. The van der Waals surface area contributed by atoms with Crippen molar-refractivity contribution in [2.75, 3.05) is 25.4 Å². The molecule has 2 rings (SSSR count). The Labute approximate surface area is 118 Å². The second-order valence-electron chi connectivity index (χ2n) is 4.91. The van der Waals surface area contributed by atoms with Gasteiger partial charge in [-0.25, -0.2) is 0 Å². The number of nitrogens with zero attached hydrogens (tertiary/aromatic N) is 1. The molecule has 19 heavy (non-hydrogen) atoms. The summed E-state index contributed by atoms with van der Waals surface area (Å²) in [6.07, 6.45) is 1.97. The highest BCUT2D eigenvalue weighted by Gasteiger charge is 2.21. The molecular weight excluding hydrogens is 262 g/mol. The van der Waals surface area contributed by atoms with Crippen LogP contribution < -0.4 is 11.1 Å². The van der Waals surface area contributed by atoms with E-state index >= 15 is 0 Å². The lowest BCUT2D eigenvalue weighted by Gasteiger charge is -2.31. The molecule has 1 aromatic rings. The molecule has 1 fully saturated rings. The van der Waals surface area contributed by atoms with E-state index in [1.54, 1.807) is 18.2 Å². The van der Waals surface area contributed by atoms with Gasteiger partial charge in [-0.1, -0.05) is 18.5 Å². The molecule has 0 unspecified atom stereocenters. The Morgan fingerprint density at radius 3 is 2.79 bits per heavy atom. The number of anilines is 1. The fourth-order valence-electron chi connectivity index (χ4n) is 2.38. The Bertz CT molecular complexity index is 456. The van der Waals surface area contributed by atoms with Crippen molar-refractivity contribution < 1.29 is 4.79 Å². The maximum Gasteiger partial charge on any atom is 0.253 e. The lowest BCUT2D eigenvalue weighted by atomic mass is 10.0. The molecule has 3 N–H and O–H groups in total. The molecule has 1 amide bonds. The zero-order chi connectivity index (χ0) is 13.8. The molecule has 0 atom stereocenters. The summed E-state index contributed by atoms with van der Waals surface area (Å²) >= 11 is 5.90. The normalized spacial score (nSPS) is 17.4. The lowest BCUT2D eigenvalue weighted by molar-refractivity contribution is 0.0913. The third kappa shape index (κ3) is 3.61. The molecule has 1 saturated heterocycles. The van der Waals surface area contributed by atoms with Gasteiger partial charge in [-0.3, -0.25) is 4.79 Å². The first-order chi connectivity index (χ1) is 9.10. The maximum absolute atomic E-state index is 12.2. The quantitative estimate of drug-likeness (QED) is 0.835. The topological polar surface area (TPSA) is 58.4 Å². The van der Waals surface area contributed by atoms with Crippen LogP contribution in [0.25, 0.3) is 0 Å². The molecule has 1 heterocycles. The highest BCUT2D eigenvalue weighted by Crippen LogP contribution is 2.18. The largest absolute Gasteiger partial charge is 0.398 e. The number of halogens is 1. The standard InChI is InChI=1S/C14H20ClN3O/c1-2-18-7-5-11(6-8-18)17-14(19)12-9-10(15)3-4-13(12)16/h3-4,9,11H,2,5-8,16H2,1H3,(H,17,19). The van der Waals surface area contributed by atoms with Crippen LogP contribution in [-0.2, 0) is 0 Å². The predicted octanol–water partition coefficient (Wildman–Crippen LogP) is 2.14. The first-order valence-electron chi connectivity index (χ1n) is 6.68. The highest BCUT2D eigenvalue weighted by molar-refractivity contribution is 6.31. The molecule has 0 aromatic heterocycles. The Morgan fingerprint density at radius 1 is 1.47 bits per heavy atom. The minimum absolute atomic E-state index is 0.130. The number of rotatable bonds is 3. The minimum atomic E-state index is -0.130. The van der Waals surface area contributed by atoms with Crippen molar-refractivity contribution in [2.24, 2.45) is 0 Å². The van der Waals surface area contributed by atoms with E-state index in [1.807, 2.05) is 0 Å². The average molecular weight is 282 g/mol. The zero-order valence-electron chi connectivity index (χ0n) is 11.2. The van der Waals surface area contributed by atoms with Gasteiger partial charge in [0.15, 0.2) is 0 Å². The van der Waals surface area contributed by atoms with Crippen molar-refractivity contribution in [2.45, 2.75) is 25.8 Å². The Kier molecular flexibility index (Phi) is 4.66. The number of nitrogens with one attached hydrogen (secondary N) is 1. The molecule has 0 bridgehead atoms. The van der Waals surface area contributed by atoms with Gasteiger partial charge in [-0.2, -0.15) is 0 Å². The van der Waals surface area contributed by atoms with Crippen molar-refractivity contribution in [3.63, 3.8) is 0 Å². The van der Waals surface area contributed by atoms with Crippen LogP contribution in [0.2, 0.25) is 5.02 Å². The smallest absolute Gasteiger partial charge is 0.253 e. The second-order valence-corrected chi connectivity index (χ2v) is 5.35. The van der Waals surface area contributed by atoms with E-state index in [4.69, 9.17) is 17.3 Å². The highest BCUT2D eigenvalue weighted by atomic mass is 35.5. The van der Waals surface area contributed by atoms with E-state index in [0.717, 1.165) is 32.5 Å². The first kappa shape index (κ1) is 14.2. The third-order valence-corrected chi connectivity index (χ3v) is 3.87. The van der Waals surface area contributed by atoms with Crippen LogP contribution in [0.5, 0.6) is 0 Å². The van der Waals surface area contributed by atoms with Crippen molar-refractivity contribution in [1.29, 1.82) is 0 Å². The Morgan fingerprint density at radius 2 is 2.16 bits per heavy atom. The maximum atomic E-state index is 12.2. The van der Waals surface area contributed by atoms with Gasteiger partial charge in [0.2, 0.25) is 0 Å². The second kappa shape index (κ2) is 6.26. The molecule has 1 aliphatic rings. The van der Waals surface area contributed by atoms with E-state index in [0.29, 0.717) is 16.3 Å². The van der Waals surface area contributed by atoms with E-state index in [1.165, 1.54) is 0 Å². The number of piperidine rings is 1. The summed E-state index contributed by atoms with van der Waals surface area (Å²) in [5.41, 5.74) is 6.74. The first-order valence-corrected chi connectivity index (χ1v) is 7.06. The minimum Gasteiger partial charge on any atom is -0.398 e. The van der Waals surface area contributed by atoms with Crippen LogP contribution in [-0.4, -0.2) is 36.5 Å². The van der Waals surface area contributed by atoms with Gasteiger partial charge in [0.1, 0.15) is 0 Å². The number of hydrogen-bond donors (Lipinski definition) is 2. The average Bonchev–Trinajstić information content (AvgIpc) is 2.42. The van der Waals surface area contributed by atoms with Gasteiger partial charge < -0.3 is 16.0 Å². The van der Waals surface area contributed by atoms with E-state index in [2.05, 4.69) is 17.1 Å². The Balaban J connectivity index is 1.96. The van der Waals surface area contributed by atoms with E-state index < -0.39 is 0 Å². The van der Waals surface area contributed by atoms with Crippen LogP contribution in [0.1, 0.15) is 30.1 Å². The molecular formula is C14H20ClN3O. The predicted molar refractivity (Wildman–Crippen MR) is 78.5 cm³/mol. The number of amides is 1. The lowest BCUT2D eigenvalue weighted by Crippen LogP contribution is -2.44. The number of carbonyl (C=O) groups excluding carboxylic acids is 1. The van der Waals surface area contributed by atoms with Crippen molar-refractivity contribution in [1.82, 2.24) is 10.2 Å². The fraction of sp³-hybridized carbons (Fsp3) is 0.500.